The first-order valence-electron chi connectivity index (χ1n) is 11.5. The zero-order valence-corrected chi connectivity index (χ0v) is 21.1. The standard InChI is InChI=1S/C29H23ClN2O3S/c1-19(21-7-3-2-4-8-21)31-28(33)22-13-16-27-25(17-22)32(18-20-11-14-23(30)15-12-20)29(34)24-9-5-6-10-26(24)36(27)35/h2-17,19H,18H2,1H3,(H,31,33)/t19-,36+/m1/s1. The van der Waals surface area contributed by atoms with Crippen molar-refractivity contribution in [2.75, 3.05) is 4.90 Å². The van der Waals surface area contributed by atoms with Crippen LogP contribution in [0.4, 0.5) is 5.69 Å². The molecular formula is C29H23ClN2O3S. The largest absolute Gasteiger partial charge is 0.346 e. The van der Waals surface area contributed by atoms with Gasteiger partial charge in [0.2, 0.25) is 0 Å². The topological polar surface area (TPSA) is 66.5 Å². The summed E-state index contributed by atoms with van der Waals surface area (Å²) in [5.41, 5.74) is 3.05. The lowest BCUT2D eigenvalue weighted by Gasteiger charge is -2.24. The van der Waals surface area contributed by atoms with Crippen molar-refractivity contribution in [1.29, 1.82) is 0 Å². The predicted molar refractivity (Wildman–Crippen MR) is 142 cm³/mol. The molecule has 1 N–H and O–H groups in total. The van der Waals surface area contributed by atoms with Crippen LogP contribution in [0.2, 0.25) is 5.02 Å². The van der Waals surface area contributed by atoms with E-state index in [9.17, 15) is 13.8 Å². The van der Waals surface area contributed by atoms with Gasteiger partial charge >= 0.3 is 0 Å². The van der Waals surface area contributed by atoms with Crippen molar-refractivity contribution in [2.24, 2.45) is 0 Å². The van der Waals surface area contributed by atoms with Gasteiger partial charge in [0.25, 0.3) is 11.8 Å². The quantitative estimate of drug-likeness (QED) is 0.347. The molecule has 1 aliphatic rings. The summed E-state index contributed by atoms with van der Waals surface area (Å²) < 4.78 is 13.6. The van der Waals surface area contributed by atoms with Crippen LogP contribution in [0.1, 0.15) is 44.8 Å². The number of rotatable bonds is 5. The van der Waals surface area contributed by atoms with Crippen molar-refractivity contribution in [1.82, 2.24) is 5.32 Å². The number of anilines is 1. The van der Waals surface area contributed by atoms with Gasteiger partial charge in [-0.15, -0.1) is 0 Å². The minimum atomic E-state index is -1.59. The van der Waals surface area contributed by atoms with Gasteiger partial charge in [-0.3, -0.25) is 9.59 Å². The van der Waals surface area contributed by atoms with Gasteiger partial charge in [-0.25, -0.2) is 4.21 Å². The highest BCUT2D eigenvalue weighted by Crippen LogP contribution is 2.36. The van der Waals surface area contributed by atoms with Crippen molar-refractivity contribution in [2.45, 2.75) is 29.3 Å². The van der Waals surface area contributed by atoms with Crippen LogP contribution in [-0.4, -0.2) is 16.0 Å². The van der Waals surface area contributed by atoms with Crippen LogP contribution in [0.3, 0.4) is 0 Å². The summed E-state index contributed by atoms with van der Waals surface area (Å²) in [5.74, 6) is -0.552. The van der Waals surface area contributed by atoms with E-state index in [-0.39, 0.29) is 24.4 Å². The molecule has 36 heavy (non-hydrogen) atoms. The van der Waals surface area contributed by atoms with Gasteiger partial charge in [0.05, 0.1) is 44.4 Å². The highest BCUT2D eigenvalue weighted by atomic mass is 35.5. The second-order valence-electron chi connectivity index (χ2n) is 8.57. The van der Waals surface area contributed by atoms with E-state index < -0.39 is 10.8 Å². The van der Waals surface area contributed by atoms with Crippen molar-refractivity contribution >= 4 is 39.9 Å². The highest BCUT2D eigenvalue weighted by Gasteiger charge is 2.31. The van der Waals surface area contributed by atoms with Crippen LogP contribution < -0.4 is 10.2 Å². The first-order valence-corrected chi connectivity index (χ1v) is 13.0. The van der Waals surface area contributed by atoms with Gasteiger partial charge in [0.15, 0.2) is 0 Å². The lowest BCUT2D eigenvalue weighted by atomic mass is 10.1. The van der Waals surface area contributed by atoms with Gasteiger partial charge < -0.3 is 10.2 Å². The van der Waals surface area contributed by atoms with Gasteiger partial charge in [-0.05, 0) is 60.5 Å². The Balaban J connectivity index is 1.55. The molecule has 0 bridgehead atoms. The smallest absolute Gasteiger partial charge is 0.259 e. The third kappa shape index (κ3) is 4.70. The maximum absolute atomic E-state index is 13.7. The fourth-order valence-corrected chi connectivity index (χ4v) is 5.71. The van der Waals surface area contributed by atoms with Crippen LogP contribution in [0.25, 0.3) is 0 Å². The van der Waals surface area contributed by atoms with E-state index >= 15 is 0 Å². The monoisotopic (exact) mass is 514 g/mol. The second-order valence-corrected chi connectivity index (χ2v) is 10.4. The number of amides is 2. The van der Waals surface area contributed by atoms with Crippen molar-refractivity contribution < 1.29 is 13.8 Å². The molecule has 0 saturated heterocycles. The maximum atomic E-state index is 13.7. The Kier molecular flexibility index (Phi) is 6.72. The summed E-state index contributed by atoms with van der Waals surface area (Å²) >= 11 is 6.05. The molecule has 5 nitrogen and oxygen atoms in total. The first-order chi connectivity index (χ1) is 17.4. The molecule has 0 aromatic heterocycles. The Labute approximate surface area is 217 Å². The molecule has 7 heteroatoms. The number of nitrogens with zero attached hydrogens (tertiary/aromatic N) is 1. The highest BCUT2D eigenvalue weighted by molar-refractivity contribution is 7.85. The molecule has 0 unspecified atom stereocenters. The molecule has 4 aromatic carbocycles. The average Bonchev–Trinajstić information content (AvgIpc) is 2.99. The summed E-state index contributed by atoms with van der Waals surface area (Å²) in [5, 5.41) is 3.61. The fraction of sp³-hybridized carbons (Fsp3) is 0.103. The van der Waals surface area contributed by atoms with Crippen LogP contribution in [0.15, 0.2) is 107 Å². The van der Waals surface area contributed by atoms with Crippen molar-refractivity contribution in [3.8, 4) is 0 Å². The molecule has 1 heterocycles. The molecule has 1 aliphatic heterocycles. The number of hydrogen-bond acceptors (Lipinski definition) is 3. The van der Waals surface area contributed by atoms with Gasteiger partial charge in [-0.2, -0.15) is 0 Å². The third-order valence-corrected chi connectivity index (χ3v) is 7.93. The maximum Gasteiger partial charge on any atom is 0.259 e. The van der Waals surface area contributed by atoms with E-state index in [1.165, 1.54) is 0 Å². The predicted octanol–water partition coefficient (Wildman–Crippen LogP) is 6.16. The molecule has 4 aromatic rings. The number of carbonyl (C=O) groups excluding carboxylic acids is 2. The summed E-state index contributed by atoms with van der Waals surface area (Å²) in [7, 11) is -1.59. The van der Waals surface area contributed by atoms with Crippen LogP contribution in [0, 0.1) is 0 Å². The number of nitrogens with one attached hydrogen (secondary N) is 1. The van der Waals surface area contributed by atoms with E-state index in [1.54, 1.807) is 59.5 Å². The van der Waals surface area contributed by atoms with Crippen molar-refractivity contribution in [3.05, 3.63) is 124 Å². The minimum Gasteiger partial charge on any atom is -0.346 e. The Morgan fingerprint density at radius 1 is 0.917 bits per heavy atom. The fourth-order valence-electron chi connectivity index (χ4n) is 4.24. The summed E-state index contributed by atoms with van der Waals surface area (Å²) in [6.45, 7) is 2.15. The van der Waals surface area contributed by atoms with Gasteiger partial charge in [0, 0.05) is 10.6 Å². The molecule has 0 aliphatic carbocycles. The zero-order chi connectivity index (χ0) is 25.2. The number of hydrogen-bond donors (Lipinski definition) is 1. The van der Waals surface area contributed by atoms with E-state index in [4.69, 9.17) is 11.6 Å². The summed E-state index contributed by atoms with van der Waals surface area (Å²) in [6.07, 6.45) is 0. The SMILES string of the molecule is C[C@@H](NC(=O)c1ccc2c(c1)N(Cc1ccc(Cl)cc1)C(=O)c1ccccc1[S@@]2=O)c1ccccc1. The lowest BCUT2D eigenvalue weighted by Crippen LogP contribution is -2.31. The molecule has 180 valence electrons. The molecule has 0 spiro atoms. The minimum absolute atomic E-state index is 0.206. The first kappa shape index (κ1) is 24.0. The van der Waals surface area contributed by atoms with Gasteiger partial charge in [0.1, 0.15) is 0 Å². The normalized spacial score (nSPS) is 15.4. The van der Waals surface area contributed by atoms with E-state index in [0.29, 0.717) is 31.6 Å². The molecule has 2 amide bonds. The molecule has 0 fully saturated rings. The van der Waals surface area contributed by atoms with E-state index in [2.05, 4.69) is 5.32 Å². The molecule has 5 rings (SSSR count). The summed E-state index contributed by atoms with van der Waals surface area (Å²) in [4.78, 5) is 29.4. The zero-order valence-electron chi connectivity index (χ0n) is 19.5. The molecule has 0 radical (unpaired) electrons. The van der Waals surface area contributed by atoms with Crippen molar-refractivity contribution in [3.63, 3.8) is 0 Å². The summed E-state index contributed by atoms with van der Waals surface area (Å²) in [6, 6.07) is 28.6. The Hall–Kier alpha value is -3.74. The van der Waals surface area contributed by atoms with Crippen LogP contribution >= 0.6 is 11.6 Å². The Morgan fingerprint density at radius 2 is 1.61 bits per heavy atom. The third-order valence-electron chi connectivity index (χ3n) is 6.18. The molecular weight excluding hydrogens is 492 g/mol. The molecule has 2 atom stereocenters. The number of fused-ring (bicyclic) bond motifs is 2. The Morgan fingerprint density at radius 3 is 2.36 bits per heavy atom. The second kappa shape index (κ2) is 10.1. The van der Waals surface area contributed by atoms with E-state index in [1.807, 2.05) is 49.4 Å². The number of halogens is 1. The Bertz CT molecular complexity index is 1470. The molecule has 0 saturated carbocycles. The van der Waals surface area contributed by atoms with Crippen LogP contribution in [0.5, 0.6) is 0 Å². The number of carbonyl (C=O) groups is 2. The van der Waals surface area contributed by atoms with Crippen LogP contribution in [-0.2, 0) is 17.3 Å². The average molecular weight is 515 g/mol. The lowest BCUT2D eigenvalue weighted by molar-refractivity contribution is 0.0937. The van der Waals surface area contributed by atoms with E-state index in [0.717, 1.165) is 11.1 Å². The number of benzene rings is 4. The van der Waals surface area contributed by atoms with Gasteiger partial charge in [-0.1, -0.05) is 66.2 Å².